The maximum atomic E-state index is 13.7. The molecule has 27 heavy (non-hydrogen) atoms. The van der Waals surface area contributed by atoms with Crippen molar-refractivity contribution >= 4 is 17.3 Å². The molecule has 146 valence electrons. The van der Waals surface area contributed by atoms with Crippen LogP contribution in [-0.4, -0.2) is 26.3 Å². The summed E-state index contributed by atoms with van der Waals surface area (Å²) in [5.74, 6) is 1.16. The Hall–Kier alpha value is -2.67. The Labute approximate surface area is 159 Å². The highest BCUT2D eigenvalue weighted by Gasteiger charge is 2.13. The van der Waals surface area contributed by atoms with E-state index in [9.17, 15) is 4.39 Å². The molecule has 0 amide bonds. The number of rotatable bonds is 6. The molecule has 0 atom stereocenters. The molecule has 0 saturated heterocycles. The molecule has 0 bridgehead atoms. The number of aliphatic hydroxyl groups excluding tert-OH is 1. The summed E-state index contributed by atoms with van der Waals surface area (Å²) in [5.41, 5.74) is 8.23. The Balaban J connectivity index is 0.000000465. The number of hydrogen-bond donors (Lipinski definition) is 3. The first-order chi connectivity index (χ1) is 13.0. The minimum absolute atomic E-state index is 0.239. The fourth-order valence-electron chi connectivity index (χ4n) is 2.52. The third kappa shape index (κ3) is 5.40. The molecule has 0 fully saturated rings. The lowest BCUT2D eigenvalue weighted by Crippen LogP contribution is -2.08. The number of nitrogens with one attached hydrogen (secondary N) is 1. The number of halogens is 1. The molecule has 3 aromatic rings. The molecule has 0 saturated carbocycles. The van der Waals surface area contributed by atoms with Gasteiger partial charge in [0.25, 0.3) is 0 Å². The van der Waals surface area contributed by atoms with Crippen LogP contribution in [0, 0.1) is 5.82 Å². The maximum Gasteiger partial charge on any atom is 0.163 e. The zero-order valence-corrected chi connectivity index (χ0v) is 16.1. The number of fused-ring (bicyclic) bond motifs is 1. The lowest BCUT2D eigenvalue weighted by molar-refractivity contribution is 0.287. The molecule has 2 heterocycles. The van der Waals surface area contributed by atoms with Gasteiger partial charge in [0.1, 0.15) is 17.5 Å². The van der Waals surface area contributed by atoms with Crippen LogP contribution in [0.5, 0.6) is 0 Å². The summed E-state index contributed by atoms with van der Waals surface area (Å²) in [6, 6.07) is 8.36. The largest absolute Gasteiger partial charge is 0.396 e. The predicted octanol–water partition coefficient (Wildman–Crippen LogP) is 3.96. The lowest BCUT2D eigenvalue weighted by atomic mass is 10.1. The first-order valence-corrected chi connectivity index (χ1v) is 9.20. The first-order valence-electron chi connectivity index (χ1n) is 9.20. The third-order valence-corrected chi connectivity index (χ3v) is 4.07. The van der Waals surface area contributed by atoms with Crippen LogP contribution in [-0.2, 0) is 6.54 Å². The van der Waals surface area contributed by atoms with Crippen LogP contribution in [0.15, 0.2) is 36.5 Å². The van der Waals surface area contributed by atoms with Gasteiger partial charge in [0.15, 0.2) is 5.65 Å². The van der Waals surface area contributed by atoms with E-state index in [1.54, 1.807) is 35.0 Å². The van der Waals surface area contributed by atoms with Crippen molar-refractivity contribution in [2.24, 2.45) is 0 Å². The number of nitrogens with zero attached hydrogens (tertiary/aromatic N) is 3. The zero-order chi connectivity index (χ0) is 19.8. The summed E-state index contributed by atoms with van der Waals surface area (Å²) in [5, 5.41) is 15.6. The molecular weight excluding hydrogens is 345 g/mol. The number of aromatic nitrogens is 3. The molecular formula is C20H28FN5O. The van der Waals surface area contributed by atoms with Crippen molar-refractivity contribution in [1.29, 1.82) is 0 Å². The number of benzene rings is 1. The molecule has 4 N–H and O–H groups in total. The van der Waals surface area contributed by atoms with Crippen LogP contribution in [0.25, 0.3) is 5.65 Å². The quantitative estimate of drug-likeness (QED) is 0.608. The molecule has 0 unspecified atom stereocenters. The fraction of sp³-hybridized carbons (Fsp3) is 0.400. The lowest BCUT2D eigenvalue weighted by Gasteiger charge is -2.10. The van der Waals surface area contributed by atoms with Crippen LogP contribution in [0.1, 0.15) is 50.7 Å². The van der Waals surface area contributed by atoms with Gasteiger partial charge in [-0.05, 0) is 18.4 Å². The van der Waals surface area contributed by atoms with Gasteiger partial charge in [-0.2, -0.15) is 9.61 Å². The summed E-state index contributed by atoms with van der Waals surface area (Å²) in [6.07, 6.45) is 3.83. The van der Waals surface area contributed by atoms with Gasteiger partial charge in [-0.3, -0.25) is 0 Å². The van der Waals surface area contributed by atoms with E-state index < -0.39 is 0 Å². The number of aliphatic hydroxyl groups is 1. The van der Waals surface area contributed by atoms with Gasteiger partial charge in [-0.1, -0.05) is 45.4 Å². The average molecular weight is 373 g/mol. The van der Waals surface area contributed by atoms with E-state index in [2.05, 4.69) is 36.2 Å². The molecule has 0 aliphatic rings. The van der Waals surface area contributed by atoms with Gasteiger partial charge < -0.3 is 16.2 Å². The Morgan fingerprint density at radius 1 is 1.30 bits per heavy atom. The van der Waals surface area contributed by atoms with E-state index in [4.69, 9.17) is 10.8 Å². The Kier molecular flexibility index (Phi) is 7.55. The number of anilines is 2. The SMILES string of the molecule is CC(C)c1cnn2c(NCc3ccccc3F)cc(N)nc12.CCCCO. The number of nitrogens with two attached hydrogens (primary N) is 1. The Bertz CT molecular complexity index is 861. The highest BCUT2D eigenvalue weighted by molar-refractivity contribution is 5.59. The van der Waals surface area contributed by atoms with Crippen molar-refractivity contribution in [1.82, 2.24) is 14.6 Å². The monoisotopic (exact) mass is 373 g/mol. The average Bonchev–Trinajstić information content (AvgIpc) is 3.06. The Morgan fingerprint density at radius 3 is 2.63 bits per heavy atom. The molecule has 0 aliphatic heterocycles. The summed E-state index contributed by atoms with van der Waals surface area (Å²) < 4.78 is 15.4. The van der Waals surface area contributed by atoms with Crippen molar-refractivity contribution in [2.75, 3.05) is 17.7 Å². The third-order valence-electron chi connectivity index (χ3n) is 4.07. The zero-order valence-electron chi connectivity index (χ0n) is 16.1. The number of nitrogen functional groups attached to an aromatic ring is 1. The highest BCUT2D eigenvalue weighted by Crippen LogP contribution is 2.23. The summed E-state index contributed by atoms with van der Waals surface area (Å²) in [6.45, 7) is 6.90. The van der Waals surface area contributed by atoms with Crippen molar-refractivity contribution in [2.45, 2.75) is 46.1 Å². The maximum absolute atomic E-state index is 13.7. The molecule has 6 nitrogen and oxygen atoms in total. The van der Waals surface area contributed by atoms with Gasteiger partial charge in [-0.15, -0.1) is 0 Å². The van der Waals surface area contributed by atoms with Gasteiger partial charge in [-0.25, -0.2) is 9.37 Å². The molecule has 7 heteroatoms. The summed E-state index contributed by atoms with van der Waals surface area (Å²) in [4.78, 5) is 4.35. The van der Waals surface area contributed by atoms with Crippen LogP contribution >= 0.6 is 0 Å². The second kappa shape index (κ2) is 9.87. The van der Waals surface area contributed by atoms with Crippen LogP contribution in [0.3, 0.4) is 0 Å². The Morgan fingerprint density at radius 2 is 2.04 bits per heavy atom. The van der Waals surface area contributed by atoms with Gasteiger partial charge >= 0.3 is 0 Å². The topological polar surface area (TPSA) is 88.5 Å². The van der Waals surface area contributed by atoms with Crippen LogP contribution < -0.4 is 11.1 Å². The minimum Gasteiger partial charge on any atom is -0.396 e. The highest BCUT2D eigenvalue weighted by atomic mass is 19.1. The van der Waals surface area contributed by atoms with Gasteiger partial charge in [0.05, 0.1) is 6.20 Å². The van der Waals surface area contributed by atoms with Crippen LogP contribution in [0.4, 0.5) is 16.0 Å². The second-order valence-electron chi connectivity index (χ2n) is 6.58. The predicted molar refractivity (Wildman–Crippen MR) is 107 cm³/mol. The van der Waals surface area contributed by atoms with E-state index in [1.165, 1.54) is 6.07 Å². The van der Waals surface area contributed by atoms with Crippen molar-refractivity contribution < 1.29 is 9.50 Å². The normalized spacial score (nSPS) is 10.7. The van der Waals surface area contributed by atoms with Crippen molar-refractivity contribution in [3.8, 4) is 0 Å². The molecule has 2 aromatic heterocycles. The van der Waals surface area contributed by atoms with E-state index in [-0.39, 0.29) is 5.82 Å². The summed E-state index contributed by atoms with van der Waals surface area (Å²) >= 11 is 0. The van der Waals surface area contributed by atoms with E-state index >= 15 is 0 Å². The van der Waals surface area contributed by atoms with E-state index in [1.807, 2.05) is 0 Å². The molecule has 1 aromatic carbocycles. The van der Waals surface area contributed by atoms with Gasteiger partial charge in [0.2, 0.25) is 0 Å². The second-order valence-corrected chi connectivity index (χ2v) is 6.58. The number of unbranched alkanes of at least 4 members (excludes halogenated alkanes) is 1. The number of hydrogen-bond acceptors (Lipinski definition) is 5. The molecule has 0 spiro atoms. The van der Waals surface area contributed by atoms with Crippen molar-refractivity contribution in [3.63, 3.8) is 0 Å². The molecule has 0 radical (unpaired) electrons. The summed E-state index contributed by atoms with van der Waals surface area (Å²) in [7, 11) is 0. The standard InChI is InChI=1S/C16H18FN5.C4H10O/c1-10(2)12-9-20-22-15(7-14(18)21-16(12)22)19-8-11-5-3-4-6-13(11)17;1-2-3-4-5/h3-7,9-10,19H,8H2,1-2H3,(H2,18,21);5H,2-4H2,1H3. The van der Waals surface area contributed by atoms with Crippen molar-refractivity contribution in [3.05, 3.63) is 53.5 Å². The van der Waals surface area contributed by atoms with Crippen LogP contribution in [0.2, 0.25) is 0 Å². The molecule has 3 rings (SSSR count). The van der Waals surface area contributed by atoms with E-state index in [0.717, 1.165) is 24.1 Å². The first kappa shape index (κ1) is 20.6. The van der Waals surface area contributed by atoms with E-state index in [0.29, 0.717) is 36.3 Å². The smallest absolute Gasteiger partial charge is 0.163 e. The minimum atomic E-state index is -0.239. The fourth-order valence-corrected chi connectivity index (χ4v) is 2.52. The van der Waals surface area contributed by atoms with Gasteiger partial charge in [0, 0.05) is 30.3 Å². The molecule has 0 aliphatic carbocycles.